The van der Waals surface area contributed by atoms with Crippen LogP contribution in [0.2, 0.25) is 0 Å². The Bertz CT molecular complexity index is 347. The van der Waals surface area contributed by atoms with Gasteiger partial charge in [0.2, 0.25) is 0 Å². The molecule has 3 nitrogen and oxygen atoms in total. The maximum absolute atomic E-state index is 11.4. The maximum atomic E-state index is 11.4. The molecule has 0 saturated carbocycles. The third-order valence-electron chi connectivity index (χ3n) is 4.29. The molecule has 0 bridgehead atoms. The number of esters is 2. The summed E-state index contributed by atoms with van der Waals surface area (Å²) in [5, 5.41) is 0. The molecule has 0 saturated heterocycles. The van der Waals surface area contributed by atoms with E-state index in [1.54, 1.807) is 6.92 Å². The highest BCUT2D eigenvalue weighted by atomic mass is 16.6. The summed E-state index contributed by atoms with van der Waals surface area (Å²) < 4.78 is 4.65. The molecule has 0 fully saturated rings. The molecule has 0 rings (SSSR count). The predicted molar refractivity (Wildman–Crippen MR) is 101 cm³/mol. The Balaban J connectivity index is 3.21. The van der Waals surface area contributed by atoms with Crippen molar-refractivity contribution in [1.82, 2.24) is 0 Å². The van der Waals surface area contributed by atoms with Crippen LogP contribution < -0.4 is 0 Å². The monoisotopic (exact) mass is 338 g/mol. The fraction of sp³-hybridized carbons (Fsp3) is 0.810. The molecule has 0 aliphatic rings. The predicted octanol–water partition coefficient (Wildman–Crippen LogP) is 6.50. The van der Waals surface area contributed by atoms with E-state index in [9.17, 15) is 9.59 Å². The molecule has 0 aromatic rings. The highest BCUT2D eigenvalue weighted by molar-refractivity contribution is 5.95. The van der Waals surface area contributed by atoms with Gasteiger partial charge in [-0.2, -0.15) is 0 Å². The zero-order chi connectivity index (χ0) is 18.0. The topological polar surface area (TPSA) is 43.4 Å². The molecule has 3 heteroatoms. The van der Waals surface area contributed by atoms with Gasteiger partial charge in [0, 0.05) is 12.0 Å². The van der Waals surface area contributed by atoms with Crippen LogP contribution in [-0.2, 0) is 14.3 Å². The van der Waals surface area contributed by atoms with Crippen LogP contribution in [0.1, 0.15) is 110 Å². The molecule has 0 N–H and O–H groups in total. The van der Waals surface area contributed by atoms with Crippen LogP contribution in [-0.4, -0.2) is 11.9 Å². The van der Waals surface area contributed by atoms with Gasteiger partial charge in [0.1, 0.15) is 0 Å². The molecule has 0 unspecified atom stereocenters. The van der Waals surface area contributed by atoms with Crippen molar-refractivity contribution in [2.75, 3.05) is 0 Å². The molecule has 0 aromatic heterocycles. The van der Waals surface area contributed by atoms with Crippen molar-refractivity contribution in [2.24, 2.45) is 0 Å². The molecular weight excluding hydrogens is 300 g/mol. The van der Waals surface area contributed by atoms with Gasteiger partial charge < -0.3 is 4.74 Å². The summed E-state index contributed by atoms with van der Waals surface area (Å²) in [6.45, 7) is 7.26. The van der Waals surface area contributed by atoms with Crippen LogP contribution in [0.5, 0.6) is 0 Å². The summed E-state index contributed by atoms with van der Waals surface area (Å²) >= 11 is 0. The minimum Gasteiger partial charge on any atom is -0.390 e. The van der Waals surface area contributed by atoms with Gasteiger partial charge in [-0.25, -0.2) is 4.79 Å². The minimum absolute atomic E-state index is 0.268. The average molecular weight is 339 g/mol. The highest BCUT2D eigenvalue weighted by Gasteiger charge is 2.10. The van der Waals surface area contributed by atoms with Crippen LogP contribution in [0, 0.1) is 0 Å². The molecular formula is C21H38O3. The average Bonchev–Trinajstić information content (AvgIpc) is 2.55. The van der Waals surface area contributed by atoms with Crippen LogP contribution in [0.3, 0.4) is 0 Å². The minimum atomic E-state index is -0.606. The van der Waals surface area contributed by atoms with Crippen molar-refractivity contribution in [2.45, 2.75) is 110 Å². The first kappa shape index (κ1) is 22.9. The van der Waals surface area contributed by atoms with Gasteiger partial charge in [-0.05, 0) is 13.3 Å². The molecule has 140 valence electrons. The van der Waals surface area contributed by atoms with E-state index in [-0.39, 0.29) is 5.57 Å². The quantitative estimate of drug-likeness (QED) is 0.139. The molecule has 0 atom stereocenters. The van der Waals surface area contributed by atoms with Crippen LogP contribution in [0.25, 0.3) is 0 Å². The number of unbranched alkanes of at least 4 members (excludes halogenated alkanes) is 13. The van der Waals surface area contributed by atoms with E-state index in [1.165, 1.54) is 77.0 Å². The number of ether oxygens (including phenoxy) is 1. The second-order valence-electron chi connectivity index (χ2n) is 6.89. The lowest BCUT2D eigenvalue weighted by Crippen LogP contribution is -2.12. The van der Waals surface area contributed by atoms with E-state index in [1.807, 2.05) is 0 Å². The molecule has 0 radical (unpaired) electrons. The van der Waals surface area contributed by atoms with Crippen molar-refractivity contribution in [3.63, 3.8) is 0 Å². The molecule has 0 spiro atoms. The Kier molecular flexibility index (Phi) is 15.9. The van der Waals surface area contributed by atoms with Crippen LogP contribution >= 0.6 is 0 Å². The second kappa shape index (κ2) is 16.7. The van der Waals surface area contributed by atoms with Crippen molar-refractivity contribution in [3.8, 4) is 0 Å². The lowest BCUT2D eigenvalue weighted by atomic mass is 10.0. The number of hydrogen-bond donors (Lipinski definition) is 0. The van der Waals surface area contributed by atoms with Crippen molar-refractivity contribution in [1.29, 1.82) is 0 Å². The smallest absolute Gasteiger partial charge is 0.340 e. The zero-order valence-electron chi connectivity index (χ0n) is 16.0. The lowest BCUT2D eigenvalue weighted by Gasteiger charge is -2.04. The first-order chi connectivity index (χ1) is 11.6. The van der Waals surface area contributed by atoms with Gasteiger partial charge in [0.05, 0.1) is 0 Å². The van der Waals surface area contributed by atoms with E-state index >= 15 is 0 Å². The van der Waals surface area contributed by atoms with Gasteiger partial charge in [-0.3, -0.25) is 4.79 Å². The third-order valence-corrected chi connectivity index (χ3v) is 4.29. The summed E-state index contributed by atoms with van der Waals surface area (Å²) in [5.74, 6) is -1.03. The van der Waals surface area contributed by atoms with Crippen molar-refractivity contribution >= 4 is 11.9 Å². The molecule has 0 aliphatic carbocycles. The summed E-state index contributed by atoms with van der Waals surface area (Å²) in [4.78, 5) is 22.6. The Morgan fingerprint density at radius 2 is 1.08 bits per heavy atom. The third kappa shape index (κ3) is 15.8. The fourth-order valence-corrected chi connectivity index (χ4v) is 2.71. The Labute approximate surface area is 149 Å². The molecule has 0 aliphatic heterocycles. The van der Waals surface area contributed by atoms with Gasteiger partial charge in [-0.15, -0.1) is 0 Å². The normalized spacial score (nSPS) is 10.6. The Morgan fingerprint density at radius 1 is 0.708 bits per heavy atom. The summed E-state index contributed by atoms with van der Waals surface area (Å²) in [6.07, 6.45) is 18.3. The van der Waals surface area contributed by atoms with Gasteiger partial charge in [0.15, 0.2) is 0 Å². The van der Waals surface area contributed by atoms with Crippen LogP contribution in [0.15, 0.2) is 12.2 Å². The molecule has 24 heavy (non-hydrogen) atoms. The van der Waals surface area contributed by atoms with E-state index in [2.05, 4.69) is 18.2 Å². The Morgan fingerprint density at radius 3 is 1.46 bits per heavy atom. The standard InChI is InChI=1S/C21H38O3/c1-4-5-6-7-8-9-10-11-12-13-14-15-16-17-18-20(22)24-21(23)19(2)3/h2,4-18H2,1,3H3. The number of carbonyl (C=O) groups excluding carboxylic acids is 2. The number of hydrogen-bond acceptors (Lipinski definition) is 3. The van der Waals surface area contributed by atoms with Gasteiger partial charge in [0.25, 0.3) is 0 Å². The molecule has 0 heterocycles. The summed E-state index contributed by atoms with van der Waals surface area (Å²) in [6, 6.07) is 0. The van der Waals surface area contributed by atoms with Crippen molar-refractivity contribution < 1.29 is 14.3 Å². The van der Waals surface area contributed by atoms with E-state index in [4.69, 9.17) is 0 Å². The number of carbonyl (C=O) groups is 2. The lowest BCUT2D eigenvalue weighted by molar-refractivity contribution is -0.156. The van der Waals surface area contributed by atoms with E-state index in [0.717, 1.165) is 12.8 Å². The molecule has 0 aromatic carbocycles. The Hall–Kier alpha value is -1.12. The first-order valence-corrected chi connectivity index (χ1v) is 9.98. The number of rotatable bonds is 16. The van der Waals surface area contributed by atoms with E-state index in [0.29, 0.717) is 6.42 Å². The summed E-state index contributed by atoms with van der Waals surface area (Å²) in [7, 11) is 0. The van der Waals surface area contributed by atoms with Crippen LogP contribution in [0.4, 0.5) is 0 Å². The maximum Gasteiger partial charge on any atom is 0.340 e. The molecule has 0 amide bonds. The largest absolute Gasteiger partial charge is 0.390 e. The van der Waals surface area contributed by atoms with E-state index < -0.39 is 11.9 Å². The van der Waals surface area contributed by atoms with Gasteiger partial charge in [-0.1, -0.05) is 97.0 Å². The SMILES string of the molecule is C=C(C)C(=O)OC(=O)CCCCCCCCCCCCCCCC. The second-order valence-corrected chi connectivity index (χ2v) is 6.89. The van der Waals surface area contributed by atoms with Crippen molar-refractivity contribution in [3.05, 3.63) is 12.2 Å². The highest BCUT2D eigenvalue weighted by Crippen LogP contribution is 2.13. The zero-order valence-corrected chi connectivity index (χ0v) is 16.0. The fourth-order valence-electron chi connectivity index (χ4n) is 2.71. The van der Waals surface area contributed by atoms with Gasteiger partial charge >= 0.3 is 11.9 Å². The first-order valence-electron chi connectivity index (χ1n) is 9.98. The summed E-state index contributed by atoms with van der Waals surface area (Å²) in [5.41, 5.74) is 0.268.